The van der Waals surface area contributed by atoms with Crippen molar-refractivity contribution in [3.63, 3.8) is 0 Å². The fraction of sp³-hybridized carbons (Fsp3) is 0.250. The average molecular weight is 226 g/mol. The van der Waals surface area contributed by atoms with Gasteiger partial charge in [0.1, 0.15) is 24.4 Å². The molecular formula is C8H8ClN5O. The molecule has 0 fully saturated rings. The first-order valence-corrected chi connectivity index (χ1v) is 4.55. The quantitative estimate of drug-likeness (QED) is 0.725. The standard InChI is InChI=1S/C8H8ClN5O/c1-15-3-7-12-6(9)2-8(13-7)14-5-10-4-11-14/h2,4-5H,3H2,1H3. The van der Waals surface area contributed by atoms with Gasteiger partial charge in [0.25, 0.3) is 0 Å². The van der Waals surface area contributed by atoms with E-state index >= 15 is 0 Å². The Kier molecular flexibility index (Phi) is 2.89. The van der Waals surface area contributed by atoms with Crippen molar-refractivity contribution >= 4 is 11.6 Å². The SMILES string of the molecule is COCc1nc(Cl)cc(-n2cncn2)n1. The summed E-state index contributed by atoms with van der Waals surface area (Å²) in [4.78, 5) is 12.0. The molecule has 0 atom stereocenters. The van der Waals surface area contributed by atoms with Crippen molar-refractivity contribution in [3.05, 3.63) is 29.7 Å². The van der Waals surface area contributed by atoms with Crippen molar-refractivity contribution in [2.24, 2.45) is 0 Å². The van der Waals surface area contributed by atoms with Crippen LogP contribution in [0.25, 0.3) is 5.82 Å². The first kappa shape index (κ1) is 10.0. The Bertz CT molecular complexity index is 444. The van der Waals surface area contributed by atoms with Gasteiger partial charge in [0.2, 0.25) is 0 Å². The maximum absolute atomic E-state index is 5.83. The molecule has 0 aliphatic rings. The van der Waals surface area contributed by atoms with Crippen LogP contribution < -0.4 is 0 Å². The number of hydrogen-bond donors (Lipinski definition) is 0. The molecule has 0 saturated carbocycles. The number of aromatic nitrogens is 5. The van der Waals surface area contributed by atoms with Gasteiger partial charge in [-0.3, -0.25) is 0 Å². The van der Waals surface area contributed by atoms with Gasteiger partial charge in [-0.1, -0.05) is 11.6 Å². The second-order valence-electron chi connectivity index (χ2n) is 2.74. The second-order valence-corrected chi connectivity index (χ2v) is 3.13. The molecule has 0 amide bonds. The van der Waals surface area contributed by atoms with E-state index in [-0.39, 0.29) is 0 Å². The van der Waals surface area contributed by atoms with Gasteiger partial charge in [-0.2, -0.15) is 5.10 Å². The summed E-state index contributed by atoms with van der Waals surface area (Å²) in [6.07, 6.45) is 2.96. The van der Waals surface area contributed by atoms with E-state index in [1.807, 2.05) is 0 Å². The van der Waals surface area contributed by atoms with Crippen LogP contribution >= 0.6 is 11.6 Å². The summed E-state index contributed by atoms with van der Waals surface area (Å²) in [6.45, 7) is 0.308. The summed E-state index contributed by atoms with van der Waals surface area (Å²) < 4.78 is 6.43. The highest BCUT2D eigenvalue weighted by Crippen LogP contribution is 2.10. The molecule has 6 nitrogen and oxygen atoms in total. The molecule has 0 aliphatic heterocycles. The molecule has 7 heteroatoms. The summed E-state index contributed by atoms with van der Waals surface area (Å²) in [5.41, 5.74) is 0. The number of hydrogen-bond acceptors (Lipinski definition) is 5. The highest BCUT2D eigenvalue weighted by atomic mass is 35.5. The molecule has 2 aromatic rings. The summed E-state index contributed by atoms with van der Waals surface area (Å²) in [5.74, 6) is 1.08. The lowest BCUT2D eigenvalue weighted by Gasteiger charge is -2.03. The van der Waals surface area contributed by atoms with Crippen LogP contribution in [-0.4, -0.2) is 31.8 Å². The number of methoxy groups -OCH3 is 1. The zero-order valence-corrected chi connectivity index (χ0v) is 8.72. The predicted octanol–water partition coefficient (Wildman–Crippen LogP) is 0.857. The first-order valence-electron chi connectivity index (χ1n) is 4.17. The maximum atomic E-state index is 5.83. The average Bonchev–Trinajstić information content (AvgIpc) is 2.70. The lowest BCUT2D eigenvalue weighted by atomic mass is 10.5. The van der Waals surface area contributed by atoms with Gasteiger partial charge in [0.05, 0.1) is 0 Å². The van der Waals surface area contributed by atoms with E-state index in [4.69, 9.17) is 16.3 Å². The zero-order valence-electron chi connectivity index (χ0n) is 7.96. The van der Waals surface area contributed by atoms with E-state index in [9.17, 15) is 0 Å². The molecule has 0 radical (unpaired) electrons. The summed E-state index contributed by atoms with van der Waals surface area (Å²) in [5, 5.41) is 4.29. The van der Waals surface area contributed by atoms with Gasteiger partial charge in [0.15, 0.2) is 11.6 Å². The van der Waals surface area contributed by atoms with E-state index in [1.54, 1.807) is 13.2 Å². The van der Waals surface area contributed by atoms with Gasteiger partial charge >= 0.3 is 0 Å². The number of ether oxygens (including phenoxy) is 1. The van der Waals surface area contributed by atoms with Crippen LogP contribution in [0.15, 0.2) is 18.7 Å². The van der Waals surface area contributed by atoms with Crippen molar-refractivity contribution in [2.45, 2.75) is 6.61 Å². The molecule has 15 heavy (non-hydrogen) atoms. The van der Waals surface area contributed by atoms with Crippen molar-refractivity contribution in [2.75, 3.05) is 7.11 Å². The van der Waals surface area contributed by atoms with E-state index in [0.717, 1.165) is 0 Å². The highest BCUT2D eigenvalue weighted by Gasteiger charge is 2.05. The van der Waals surface area contributed by atoms with E-state index in [1.165, 1.54) is 17.3 Å². The van der Waals surface area contributed by atoms with Crippen LogP contribution in [0.1, 0.15) is 5.82 Å². The van der Waals surface area contributed by atoms with E-state index < -0.39 is 0 Å². The lowest BCUT2D eigenvalue weighted by molar-refractivity contribution is 0.177. The van der Waals surface area contributed by atoms with E-state index in [2.05, 4.69) is 20.1 Å². The monoisotopic (exact) mass is 225 g/mol. The van der Waals surface area contributed by atoms with Crippen molar-refractivity contribution < 1.29 is 4.74 Å². The maximum Gasteiger partial charge on any atom is 0.160 e. The molecule has 0 aliphatic carbocycles. The van der Waals surface area contributed by atoms with Crippen LogP contribution in [0.2, 0.25) is 5.15 Å². The normalized spacial score (nSPS) is 10.5. The number of rotatable bonds is 3. The van der Waals surface area contributed by atoms with Crippen LogP contribution in [0, 0.1) is 0 Å². The Morgan fingerprint density at radius 2 is 2.33 bits per heavy atom. The largest absolute Gasteiger partial charge is 0.377 e. The Balaban J connectivity index is 2.40. The Hall–Kier alpha value is -1.53. The Morgan fingerprint density at radius 3 is 3.00 bits per heavy atom. The molecule has 2 rings (SSSR count). The Labute approximate surface area is 90.9 Å². The third kappa shape index (κ3) is 2.28. The molecule has 0 bridgehead atoms. The van der Waals surface area contributed by atoms with E-state index in [0.29, 0.717) is 23.4 Å². The third-order valence-corrected chi connectivity index (χ3v) is 1.85. The highest BCUT2D eigenvalue weighted by molar-refractivity contribution is 6.29. The Morgan fingerprint density at radius 1 is 1.47 bits per heavy atom. The third-order valence-electron chi connectivity index (χ3n) is 1.65. The summed E-state index contributed by atoms with van der Waals surface area (Å²) in [7, 11) is 1.57. The topological polar surface area (TPSA) is 65.7 Å². The number of halogens is 1. The fourth-order valence-corrected chi connectivity index (χ4v) is 1.28. The molecule has 0 N–H and O–H groups in total. The van der Waals surface area contributed by atoms with Gasteiger partial charge in [-0.05, 0) is 0 Å². The minimum absolute atomic E-state index is 0.308. The van der Waals surface area contributed by atoms with Crippen LogP contribution in [0.5, 0.6) is 0 Å². The predicted molar refractivity (Wildman–Crippen MR) is 52.7 cm³/mol. The minimum atomic E-state index is 0.308. The van der Waals surface area contributed by atoms with Gasteiger partial charge < -0.3 is 4.74 Å². The summed E-state index contributed by atoms with van der Waals surface area (Å²) in [6, 6.07) is 1.61. The summed E-state index contributed by atoms with van der Waals surface area (Å²) >= 11 is 5.83. The van der Waals surface area contributed by atoms with Gasteiger partial charge in [-0.25, -0.2) is 19.6 Å². The molecule has 78 valence electrons. The van der Waals surface area contributed by atoms with Crippen molar-refractivity contribution in [3.8, 4) is 5.82 Å². The molecule has 2 heterocycles. The molecule has 0 saturated heterocycles. The second kappa shape index (κ2) is 4.33. The van der Waals surface area contributed by atoms with Gasteiger partial charge in [-0.15, -0.1) is 0 Å². The fourth-order valence-electron chi connectivity index (χ4n) is 1.09. The zero-order chi connectivity index (χ0) is 10.7. The van der Waals surface area contributed by atoms with Gasteiger partial charge in [0, 0.05) is 13.2 Å². The molecule has 0 spiro atoms. The van der Waals surface area contributed by atoms with Crippen LogP contribution in [0.3, 0.4) is 0 Å². The molecule has 0 unspecified atom stereocenters. The number of nitrogens with zero attached hydrogens (tertiary/aromatic N) is 5. The first-order chi connectivity index (χ1) is 7.29. The molecule has 2 aromatic heterocycles. The van der Waals surface area contributed by atoms with Crippen molar-refractivity contribution in [1.82, 2.24) is 24.7 Å². The van der Waals surface area contributed by atoms with Crippen LogP contribution in [-0.2, 0) is 11.3 Å². The van der Waals surface area contributed by atoms with Crippen molar-refractivity contribution in [1.29, 1.82) is 0 Å². The molecule has 0 aromatic carbocycles. The smallest absolute Gasteiger partial charge is 0.160 e. The lowest BCUT2D eigenvalue weighted by Crippen LogP contribution is -2.04. The van der Waals surface area contributed by atoms with Crippen LogP contribution in [0.4, 0.5) is 0 Å². The minimum Gasteiger partial charge on any atom is -0.377 e. The molecular weight excluding hydrogens is 218 g/mol.